The number of hydrogen-bond acceptors (Lipinski definition) is 4. The van der Waals surface area contributed by atoms with Gasteiger partial charge in [0.05, 0.1) is 10.6 Å². The fourth-order valence-corrected chi connectivity index (χ4v) is 3.05. The molecule has 1 N–H and O–H groups in total. The molecule has 0 radical (unpaired) electrons. The molecule has 0 saturated carbocycles. The molecule has 2 aromatic rings. The van der Waals surface area contributed by atoms with Crippen LogP contribution in [0.5, 0.6) is 5.75 Å². The highest BCUT2D eigenvalue weighted by molar-refractivity contribution is 7.90. The largest absolute Gasteiger partial charge is 0.483 e. The van der Waals surface area contributed by atoms with Gasteiger partial charge in [-0.2, -0.15) is 0 Å². The first-order chi connectivity index (χ1) is 12.1. The van der Waals surface area contributed by atoms with Crippen LogP contribution >= 0.6 is 0 Å². The minimum atomic E-state index is -3.50. The molecule has 0 heterocycles. The van der Waals surface area contributed by atoms with Gasteiger partial charge in [0.25, 0.3) is 5.91 Å². The summed E-state index contributed by atoms with van der Waals surface area (Å²) >= 11 is 0. The summed E-state index contributed by atoms with van der Waals surface area (Å²) in [5.74, 6) is -0.479. The SMILES string of the molecule is Cc1ccc(C(C)C)c(OCC(=O)Nc2cc(S(C)(=O)=O)ccc2F)c1. The third-order valence-corrected chi connectivity index (χ3v) is 4.90. The van der Waals surface area contributed by atoms with Crippen LogP contribution < -0.4 is 10.1 Å². The van der Waals surface area contributed by atoms with Gasteiger partial charge >= 0.3 is 0 Å². The number of anilines is 1. The Morgan fingerprint density at radius 2 is 1.88 bits per heavy atom. The van der Waals surface area contributed by atoms with E-state index in [0.29, 0.717) is 5.75 Å². The molecule has 7 heteroatoms. The minimum absolute atomic E-state index is 0.0732. The van der Waals surface area contributed by atoms with Crippen LogP contribution in [0.4, 0.5) is 10.1 Å². The maximum Gasteiger partial charge on any atom is 0.262 e. The van der Waals surface area contributed by atoms with E-state index >= 15 is 0 Å². The van der Waals surface area contributed by atoms with Gasteiger partial charge in [-0.1, -0.05) is 26.0 Å². The molecular formula is C19H22FNO4S. The lowest BCUT2D eigenvalue weighted by Crippen LogP contribution is -2.21. The molecule has 0 aliphatic rings. The van der Waals surface area contributed by atoms with Gasteiger partial charge in [0, 0.05) is 6.26 Å². The first-order valence-electron chi connectivity index (χ1n) is 8.10. The van der Waals surface area contributed by atoms with Crippen LogP contribution in [0.15, 0.2) is 41.3 Å². The van der Waals surface area contributed by atoms with Gasteiger partial charge in [0.2, 0.25) is 0 Å². The van der Waals surface area contributed by atoms with Crippen molar-refractivity contribution >= 4 is 21.4 Å². The standard InChI is InChI=1S/C19H22FNO4S/c1-12(2)15-7-5-13(3)9-18(15)25-11-19(22)21-17-10-14(26(4,23)24)6-8-16(17)20/h5-10,12H,11H2,1-4H3,(H,21,22). The van der Waals surface area contributed by atoms with E-state index in [0.717, 1.165) is 35.6 Å². The van der Waals surface area contributed by atoms with Crippen molar-refractivity contribution in [2.45, 2.75) is 31.6 Å². The van der Waals surface area contributed by atoms with Gasteiger partial charge in [-0.05, 0) is 48.2 Å². The van der Waals surface area contributed by atoms with Crippen LogP contribution in [0, 0.1) is 12.7 Å². The summed E-state index contributed by atoms with van der Waals surface area (Å²) in [4.78, 5) is 12.0. The van der Waals surface area contributed by atoms with Crippen LogP contribution in [0.3, 0.4) is 0 Å². The third-order valence-electron chi connectivity index (χ3n) is 3.79. The molecular weight excluding hydrogens is 357 g/mol. The van der Waals surface area contributed by atoms with E-state index in [1.165, 1.54) is 0 Å². The van der Waals surface area contributed by atoms with Crippen molar-refractivity contribution in [2.75, 3.05) is 18.2 Å². The Balaban J connectivity index is 2.12. The van der Waals surface area contributed by atoms with Crippen LogP contribution in [-0.2, 0) is 14.6 Å². The summed E-state index contributed by atoms with van der Waals surface area (Å²) in [6, 6.07) is 9.00. The maximum atomic E-state index is 13.9. The molecule has 0 spiro atoms. The fraction of sp³-hybridized carbons (Fsp3) is 0.316. The summed E-state index contributed by atoms with van der Waals surface area (Å²) in [6.45, 7) is 5.64. The number of halogens is 1. The molecule has 2 aromatic carbocycles. The molecule has 0 unspecified atom stereocenters. The van der Waals surface area contributed by atoms with Crippen molar-refractivity contribution in [1.29, 1.82) is 0 Å². The second-order valence-corrected chi connectivity index (χ2v) is 8.46. The Morgan fingerprint density at radius 3 is 2.50 bits per heavy atom. The van der Waals surface area contributed by atoms with E-state index in [1.54, 1.807) is 0 Å². The Hall–Kier alpha value is -2.41. The summed E-state index contributed by atoms with van der Waals surface area (Å²) in [7, 11) is -3.50. The summed E-state index contributed by atoms with van der Waals surface area (Å²) < 4.78 is 42.6. The van der Waals surface area contributed by atoms with Crippen molar-refractivity contribution in [2.24, 2.45) is 0 Å². The molecule has 0 aromatic heterocycles. The van der Waals surface area contributed by atoms with Crippen molar-refractivity contribution in [1.82, 2.24) is 0 Å². The second kappa shape index (κ2) is 7.86. The van der Waals surface area contributed by atoms with Crippen LogP contribution in [0.2, 0.25) is 0 Å². The second-order valence-electron chi connectivity index (χ2n) is 6.45. The number of ether oxygens (including phenoxy) is 1. The average molecular weight is 379 g/mol. The van der Waals surface area contributed by atoms with E-state index < -0.39 is 21.6 Å². The van der Waals surface area contributed by atoms with Crippen molar-refractivity contribution in [3.05, 3.63) is 53.3 Å². The molecule has 26 heavy (non-hydrogen) atoms. The van der Waals surface area contributed by atoms with Gasteiger partial charge in [-0.3, -0.25) is 4.79 Å². The zero-order valence-corrected chi connectivity index (χ0v) is 16.0. The molecule has 2 rings (SSSR count). The number of carbonyl (C=O) groups is 1. The van der Waals surface area contributed by atoms with Gasteiger partial charge in [0.1, 0.15) is 11.6 Å². The Labute approximate surface area is 153 Å². The minimum Gasteiger partial charge on any atom is -0.483 e. The lowest BCUT2D eigenvalue weighted by Gasteiger charge is -2.15. The van der Waals surface area contributed by atoms with Gasteiger partial charge in [-0.15, -0.1) is 0 Å². The number of aryl methyl sites for hydroxylation is 1. The predicted octanol–water partition coefficient (Wildman–Crippen LogP) is 3.68. The molecule has 0 bridgehead atoms. The lowest BCUT2D eigenvalue weighted by atomic mass is 10.0. The Morgan fingerprint density at radius 1 is 1.19 bits per heavy atom. The first-order valence-corrected chi connectivity index (χ1v) is 10.00. The summed E-state index contributed by atoms with van der Waals surface area (Å²) in [6.07, 6.45) is 1.01. The van der Waals surface area contributed by atoms with Crippen molar-refractivity contribution in [3.63, 3.8) is 0 Å². The zero-order chi connectivity index (χ0) is 19.5. The van der Waals surface area contributed by atoms with Crippen LogP contribution in [0.1, 0.15) is 30.9 Å². The van der Waals surface area contributed by atoms with E-state index in [4.69, 9.17) is 4.74 Å². The number of nitrogens with one attached hydrogen (secondary N) is 1. The van der Waals surface area contributed by atoms with E-state index in [1.807, 2.05) is 39.0 Å². The Bertz CT molecular complexity index is 923. The molecule has 0 saturated heterocycles. The molecule has 0 aliphatic carbocycles. The topological polar surface area (TPSA) is 72.5 Å². The highest BCUT2D eigenvalue weighted by Crippen LogP contribution is 2.27. The van der Waals surface area contributed by atoms with E-state index in [2.05, 4.69) is 5.32 Å². The number of amides is 1. The number of benzene rings is 2. The number of rotatable bonds is 6. The summed E-state index contributed by atoms with van der Waals surface area (Å²) in [5, 5.41) is 2.35. The summed E-state index contributed by atoms with van der Waals surface area (Å²) in [5.41, 5.74) is 1.76. The van der Waals surface area contributed by atoms with Crippen molar-refractivity contribution < 1.29 is 22.3 Å². The lowest BCUT2D eigenvalue weighted by molar-refractivity contribution is -0.118. The number of carbonyl (C=O) groups excluding carboxylic acids is 1. The molecule has 0 aliphatic heterocycles. The van der Waals surface area contributed by atoms with Crippen molar-refractivity contribution in [3.8, 4) is 5.75 Å². The molecule has 140 valence electrons. The molecule has 1 amide bonds. The first kappa shape index (κ1) is 19.9. The van der Waals surface area contributed by atoms with E-state index in [9.17, 15) is 17.6 Å². The van der Waals surface area contributed by atoms with Gasteiger partial charge in [0.15, 0.2) is 16.4 Å². The highest BCUT2D eigenvalue weighted by Gasteiger charge is 2.14. The average Bonchev–Trinajstić information content (AvgIpc) is 2.53. The van der Waals surface area contributed by atoms with Crippen LogP contribution in [0.25, 0.3) is 0 Å². The quantitative estimate of drug-likeness (QED) is 0.777. The highest BCUT2D eigenvalue weighted by atomic mass is 32.2. The normalized spacial score (nSPS) is 11.5. The van der Waals surface area contributed by atoms with Gasteiger partial charge in [-0.25, -0.2) is 12.8 Å². The third kappa shape index (κ3) is 5.05. The molecule has 0 fully saturated rings. The van der Waals surface area contributed by atoms with Gasteiger partial charge < -0.3 is 10.1 Å². The Kier molecular flexibility index (Phi) is 6.02. The molecule has 0 atom stereocenters. The molecule has 5 nitrogen and oxygen atoms in total. The fourth-order valence-electron chi connectivity index (χ4n) is 2.40. The number of sulfone groups is 1. The monoisotopic (exact) mass is 379 g/mol. The smallest absolute Gasteiger partial charge is 0.262 e. The van der Waals surface area contributed by atoms with Crippen LogP contribution in [-0.4, -0.2) is 27.2 Å². The number of hydrogen-bond donors (Lipinski definition) is 1. The predicted molar refractivity (Wildman–Crippen MR) is 98.9 cm³/mol. The maximum absolute atomic E-state index is 13.9. The zero-order valence-electron chi connectivity index (χ0n) is 15.2. The van der Waals surface area contributed by atoms with E-state index in [-0.39, 0.29) is 23.1 Å².